The van der Waals surface area contributed by atoms with Crippen LogP contribution in [-0.4, -0.2) is 45.6 Å². The first kappa shape index (κ1) is 16.2. The van der Waals surface area contributed by atoms with Crippen molar-refractivity contribution in [1.82, 2.24) is 20.1 Å². The first-order chi connectivity index (χ1) is 11.6. The summed E-state index contributed by atoms with van der Waals surface area (Å²) in [6.45, 7) is 0.868. The first-order valence-electron chi connectivity index (χ1n) is 7.31. The summed E-state index contributed by atoms with van der Waals surface area (Å²) in [6.07, 6.45) is 5.35. The molecule has 0 saturated heterocycles. The molecule has 0 spiro atoms. The molecule has 1 aliphatic heterocycles. The number of esters is 1. The van der Waals surface area contributed by atoms with E-state index in [4.69, 9.17) is 16.3 Å². The van der Waals surface area contributed by atoms with Crippen molar-refractivity contribution >= 4 is 29.6 Å². The van der Waals surface area contributed by atoms with Gasteiger partial charge in [0.25, 0.3) is 0 Å². The molecule has 124 valence electrons. The Labute approximate surface area is 143 Å². The second kappa shape index (κ2) is 6.84. The number of nitrogens with zero attached hydrogens (tertiary/aromatic N) is 3. The van der Waals surface area contributed by atoms with Crippen LogP contribution >= 0.6 is 11.6 Å². The molecule has 3 rings (SSSR count). The Balaban J connectivity index is 1.74. The predicted octanol–water partition coefficient (Wildman–Crippen LogP) is 1.84. The van der Waals surface area contributed by atoms with E-state index in [0.29, 0.717) is 30.2 Å². The summed E-state index contributed by atoms with van der Waals surface area (Å²) in [5.41, 5.74) is 2.60. The number of aromatic nitrogens is 3. The van der Waals surface area contributed by atoms with Crippen molar-refractivity contribution in [2.75, 3.05) is 13.7 Å². The number of carbonyl (C=O) groups excluding carboxylic acids is 2. The standard InChI is InChI=1S/C16H15ClN4O3/c1-24-16(23)15-11-9-21(7-5-12(11)19-20-15)14(22)3-2-10-4-6-18-13(17)8-10/h2-4,6,8H,5,7,9H2,1H3,(H,19,20). The van der Waals surface area contributed by atoms with E-state index in [-0.39, 0.29) is 11.6 Å². The van der Waals surface area contributed by atoms with Crippen molar-refractivity contribution < 1.29 is 14.3 Å². The quantitative estimate of drug-likeness (QED) is 0.520. The summed E-state index contributed by atoms with van der Waals surface area (Å²) in [6, 6.07) is 3.43. The first-order valence-corrected chi connectivity index (χ1v) is 7.69. The lowest BCUT2D eigenvalue weighted by Gasteiger charge is -2.25. The van der Waals surface area contributed by atoms with Crippen LogP contribution in [-0.2, 0) is 22.5 Å². The third kappa shape index (κ3) is 3.30. The average Bonchev–Trinajstić information content (AvgIpc) is 3.02. The van der Waals surface area contributed by atoms with Crippen molar-refractivity contribution in [3.05, 3.63) is 52.1 Å². The third-order valence-corrected chi connectivity index (χ3v) is 4.00. The number of ether oxygens (including phenoxy) is 1. The summed E-state index contributed by atoms with van der Waals surface area (Å²) >= 11 is 5.82. The maximum absolute atomic E-state index is 12.4. The van der Waals surface area contributed by atoms with E-state index in [1.807, 2.05) is 0 Å². The maximum atomic E-state index is 12.4. The molecule has 0 aliphatic carbocycles. The van der Waals surface area contributed by atoms with Gasteiger partial charge in [-0.05, 0) is 23.8 Å². The van der Waals surface area contributed by atoms with Crippen LogP contribution in [0.4, 0.5) is 0 Å². The third-order valence-electron chi connectivity index (χ3n) is 3.79. The summed E-state index contributed by atoms with van der Waals surface area (Å²) in [4.78, 5) is 29.7. The molecule has 2 aromatic heterocycles. The Morgan fingerprint density at radius 3 is 3.04 bits per heavy atom. The highest BCUT2D eigenvalue weighted by atomic mass is 35.5. The van der Waals surface area contributed by atoms with Crippen LogP contribution in [0.15, 0.2) is 24.4 Å². The van der Waals surface area contributed by atoms with Gasteiger partial charge in [0.05, 0.1) is 13.7 Å². The second-order valence-corrected chi connectivity index (χ2v) is 5.66. The minimum Gasteiger partial charge on any atom is -0.464 e. The van der Waals surface area contributed by atoms with Crippen LogP contribution < -0.4 is 0 Å². The van der Waals surface area contributed by atoms with Gasteiger partial charge < -0.3 is 9.64 Å². The lowest BCUT2D eigenvalue weighted by atomic mass is 10.1. The summed E-state index contributed by atoms with van der Waals surface area (Å²) in [5, 5.41) is 7.19. The van der Waals surface area contributed by atoms with Crippen LogP contribution in [0.3, 0.4) is 0 Å². The van der Waals surface area contributed by atoms with Crippen LogP contribution in [0.5, 0.6) is 0 Å². The molecule has 0 aromatic carbocycles. The average molecular weight is 347 g/mol. The van der Waals surface area contributed by atoms with Gasteiger partial charge in [-0.3, -0.25) is 9.89 Å². The van der Waals surface area contributed by atoms with Gasteiger partial charge in [0.15, 0.2) is 5.69 Å². The molecular weight excluding hydrogens is 332 g/mol. The van der Waals surface area contributed by atoms with E-state index in [1.165, 1.54) is 13.2 Å². The van der Waals surface area contributed by atoms with Crippen molar-refractivity contribution in [3.8, 4) is 0 Å². The summed E-state index contributed by atoms with van der Waals surface area (Å²) in [5.74, 6) is -0.658. The van der Waals surface area contributed by atoms with E-state index < -0.39 is 5.97 Å². The molecule has 1 amide bonds. The zero-order chi connectivity index (χ0) is 17.1. The molecule has 0 atom stereocenters. The fourth-order valence-corrected chi connectivity index (χ4v) is 2.73. The Hall–Kier alpha value is -2.67. The maximum Gasteiger partial charge on any atom is 0.358 e. The minimum absolute atomic E-state index is 0.148. The van der Waals surface area contributed by atoms with Crippen LogP contribution in [0, 0.1) is 0 Å². The van der Waals surface area contributed by atoms with Crippen molar-refractivity contribution in [2.45, 2.75) is 13.0 Å². The number of methoxy groups -OCH3 is 1. The number of hydrogen-bond acceptors (Lipinski definition) is 5. The fraction of sp³-hybridized carbons (Fsp3) is 0.250. The Bertz CT molecular complexity index is 815. The van der Waals surface area contributed by atoms with Gasteiger partial charge in [-0.15, -0.1) is 0 Å². The molecule has 7 nitrogen and oxygen atoms in total. The lowest BCUT2D eigenvalue weighted by Crippen LogP contribution is -2.35. The van der Waals surface area contributed by atoms with E-state index in [0.717, 1.165) is 11.3 Å². The highest BCUT2D eigenvalue weighted by Gasteiger charge is 2.27. The minimum atomic E-state index is -0.510. The highest BCUT2D eigenvalue weighted by Crippen LogP contribution is 2.21. The molecule has 1 aliphatic rings. The van der Waals surface area contributed by atoms with E-state index in [1.54, 1.807) is 29.3 Å². The molecule has 0 saturated carbocycles. The van der Waals surface area contributed by atoms with E-state index >= 15 is 0 Å². The van der Waals surface area contributed by atoms with Gasteiger partial charge >= 0.3 is 5.97 Å². The predicted molar refractivity (Wildman–Crippen MR) is 87.3 cm³/mol. The molecule has 1 N–H and O–H groups in total. The molecule has 3 heterocycles. The summed E-state index contributed by atoms with van der Waals surface area (Å²) < 4.78 is 4.72. The van der Waals surface area contributed by atoms with Gasteiger partial charge in [0, 0.05) is 36.5 Å². The number of rotatable bonds is 3. The van der Waals surface area contributed by atoms with E-state index in [9.17, 15) is 9.59 Å². The topological polar surface area (TPSA) is 88.2 Å². The lowest BCUT2D eigenvalue weighted by molar-refractivity contribution is -0.126. The number of fused-ring (bicyclic) bond motifs is 1. The number of amides is 1. The Morgan fingerprint density at radius 2 is 2.29 bits per heavy atom. The molecule has 8 heteroatoms. The fourth-order valence-electron chi connectivity index (χ4n) is 2.54. The largest absolute Gasteiger partial charge is 0.464 e. The van der Waals surface area contributed by atoms with Crippen LogP contribution in [0.25, 0.3) is 6.08 Å². The number of H-pyrrole nitrogens is 1. The number of hydrogen-bond donors (Lipinski definition) is 1. The second-order valence-electron chi connectivity index (χ2n) is 5.28. The highest BCUT2D eigenvalue weighted by molar-refractivity contribution is 6.29. The zero-order valence-electron chi connectivity index (χ0n) is 13.0. The van der Waals surface area contributed by atoms with Gasteiger partial charge in [0.2, 0.25) is 5.91 Å². The molecule has 24 heavy (non-hydrogen) atoms. The van der Waals surface area contributed by atoms with Gasteiger partial charge in [-0.1, -0.05) is 11.6 Å². The molecule has 0 radical (unpaired) electrons. The number of carbonyl (C=O) groups is 2. The molecule has 0 bridgehead atoms. The smallest absolute Gasteiger partial charge is 0.358 e. The number of nitrogens with one attached hydrogen (secondary N) is 1. The number of aromatic amines is 1. The van der Waals surface area contributed by atoms with Crippen molar-refractivity contribution in [3.63, 3.8) is 0 Å². The Morgan fingerprint density at radius 1 is 1.46 bits per heavy atom. The summed E-state index contributed by atoms with van der Waals surface area (Å²) in [7, 11) is 1.30. The van der Waals surface area contributed by atoms with E-state index in [2.05, 4.69) is 15.2 Å². The van der Waals surface area contributed by atoms with Crippen LogP contribution in [0.2, 0.25) is 5.15 Å². The normalized spacial score (nSPS) is 13.8. The number of pyridine rings is 1. The molecule has 0 fully saturated rings. The van der Waals surface area contributed by atoms with Gasteiger partial charge in [0.1, 0.15) is 5.15 Å². The molecule has 0 unspecified atom stereocenters. The molecule has 2 aromatic rings. The van der Waals surface area contributed by atoms with Crippen molar-refractivity contribution in [2.24, 2.45) is 0 Å². The monoisotopic (exact) mass is 346 g/mol. The number of halogens is 1. The van der Waals surface area contributed by atoms with Crippen LogP contribution in [0.1, 0.15) is 27.3 Å². The van der Waals surface area contributed by atoms with Gasteiger partial charge in [-0.25, -0.2) is 9.78 Å². The Kier molecular flexibility index (Phi) is 4.61. The molecular formula is C16H15ClN4O3. The zero-order valence-corrected chi connectivity index (χ0v) is 13.7. The SMILES string of the molecule is COC(=O)c1n[nH]c2c1CN(C(=O)C=Cc1ccnc(Cl)c1)CC2. The van der Waals surface area contributed by atoms with Gasteiger partial charge in [-0.2, -0.15) is 5.10 Å². The van der Waals surface area contributed by atoms with Crippen molar-refractivity contribution in [1.29, 1.82) is 0 Å².